The Morgan fingerprint density at radius 2 is 2.04 bits per heavy atom. The molecule has 0 N–H and O–H groups in total. The van der Waals surface area contributed by atoms with Crippen LogP contribution in [0.5, 0.6) is 0 Å². The molecular formula is C22H28N2O2. The van der Waals surface area contributed by atoms with Crippen molar-refractivity contribution in [3.8, 4) is 0 Å². The van der Waals surface area contributed by atoms with Crippen molar-refractivity contribution < 1.29 is 9.47 Å². The molecule has 138 valence electrons. The molecule has 1 atom stereocenters. The Balaban J connectivity index is 1.28. The molecule has 0 bridgehead atoms. The van der Waals surface area contributed by atoms with Gasteiger partial charge in [0.05, 0.1) is 24.0 Å². The van der Waals surface area contributed by atoms with E-state index in [-0.39, 0.29) is 11.7 Å². The van der Waals surface area contributed by atoms with E-state index in [2.05, 4.69) is 41.1 Å². The lowest BCUT2D eigenvalue weighted by Crippen LogP contribution is -2.65. The first-order valence-corrected chi connectivity index (χ1v) is 9.56. The van der Waals surface area contributed by atoms with Gasteiger partial charge in [-0.25, -0.2) is 0 Å². The van der Waals surface area contributed by atoms with Crippen LogP contribution in [0.25, 0.3) is 0 Å². The molecule has 2 saturated heterocycles. The van der Waals surface area contributed by atoms with Gasteiger partial charge in [-0.2, -0.15) is 0 Å². The normalized spacial score (nSPS) is 22.3. The first-order valence-electron chi connectivity index (χ1n) is 9.56. The number of aryl methyl sites for hydroxylation is 2. The van der Waals surface area contributed by atoms with Crippen molar-refractivity contribution in [3.63, 3.8) is 0 Å². The highest BCUT2D eigenvalue weighted by atomic mass is 16.5. The minimum absolute atomic E-state index is 0.00717. The lowest BCUT2D eigenvalue weighted by Gasteiger charge is -2.53. The molecular weight excluding hydrogens is 324 g/mol. The third-order valence-corrected chi connectivity index (χ3v) is 5.37. The Kier molecular flexibility index (Phi) is 5.07. The fourth-order valence-corrected chi connectivity index (χ4v) is 4.18. The molecule has 2 aliphatic rings. The van der Waals surface area contributed by atoms with Crippen molar-refractivity contribution in [2.24, 2.45) is 0 Å². The van der Waals surface area contributed by atoms with Gasteiger partial charge in [0.2, 0.25) is 0 Å². The number of pyridine rings is 1. The fraction of sp³-hybridized carbons (Fsp3) is 0.500. The summed E-state index contributed by atoms with van der Waals surface area (Å²) in [5.74, 6) is 0. The van der Waals surface area contributed by atoms with Crippen LogP contribution in [0.2, 0.25) is 0 Å². The van der Waals surface area contributed by atoms with Crippen molar-refractivity contribution in [3.05, 3.63) is 65.0 Å². The van der Waals surface area contributed by atoms with Crippen LogP contribution in [0.15, 0.2) is 42.5 Å². The number of likely N-dealkylation sites (tertiary alicyclic amines) is 1. The van der Waals surface area contributed by atoms with E-state index in [1.807, 2.05) is 25.1 Å². The highest BCUT2D eigenvalue weighted by molar-refractivity contribution is 5.22. The number of rotatable bonds is 5. The molecule has 4 heteroatoms. The summed E-state index contributed by atoms with van der Waals surface area (Å²) in [4.78, 5) is 7.00. The zero-order valence-electron chi connectivity index (χ0n) is 15.8. The second-order valence-electron chi connectivity index (χ2n) is 7.86. The predicted octanol–water partition coefficient (Wildman–Crippen LogP) is 3.65. The SMILES string of the molecule is Cc1cccc(CN2CC3(CC(OCc4cccc(C)n4)CCO3)C2)c1. The molecule has 1 aromatic carbocycles. The monoisotopic (exact) mass is 352 g/mol. The summed E-state index contributed by atoms with van der Waals surface area (Å²) in [5, 5.41) is 0. The van der Waals surface area contributed by atoms with Gasteiger partial charge in [0, 0.05) is 38.4 Å². The fourth-order valence-electron chi connectivity index (χ4n) is 4.18. The first kappa shape index (κ1) is 17.7. The van der Waals surface area contributed by atoms with Crippen LogP contribution in [0.4, 0.5) is 0 Å². The Bertz CT molecular complexity index is 755. The molecule has 2 aromatic rings. The molecule has 2 aliphatic heterocycles. The van der Waals surface area contributed by atoms with Crippen molar-refractivity contribution >= 4 is 0 Å². The smallest absolute Gasteiger partial charge is 0.0959 e. The number of hydrogen-bond donors (Lipinski definition) is 0. The van der Waals surface area contributed by atoms with Crippen molar-refractivity contribution in [1.82, 2.24) is 9.88 Å². The summed E-state index contributed by atoms with van der Waals surface area (Å²) in [5.41, 5.74) is 4.76. The Morgan fingerprint density at radius 3 is 2.85 bits per heavy atom. The van der Waals surface area contributed by atoms with E-state index in [0.717, 1.165) is 50.5 Å². The number of benzene rings is 1. The van der Waals surface area contributed by atoms with E-state index in [1.54, 1.807) is 0 Å². The largest absolute Gasteiger partial charge is 0.372 e. The average Bonchev–Trinajstić information content (AvgIpc) is 2.59. The average molecular weight is 352 g/mol. The predicted molar refractivity (Wildman–Crippen MR) is 102 cm³/mol. The molecule has 4 nitrogen and oxygen atoms in total. The van der Waals surface area contributed by atoms with Gasteiger partial charge in [0.15, 0.2) is 0 Å². The molecule has 0 aliphatic carbocycles. The minimum atomic E-state index is -0.00717. The maximum atomic E-state index is 6.16. The summed E-state index contributed by atoms with van der Waals surface area (Å²) < 4.78 is 12.3. The van der Waals surface area contributed by atoms with Gasteiger partial charge in [-0.15, -0.1) is 0 Å². The Morgan fingerprint density at radius 1 is 1.19 bits per heavy atom. The van der Waals surface area contributed by atoms with Crippen LogP contribution in [-0.2, 0) is 22.6 Å². The summed E-state index contributed by atoms with van der Waals surface area (Å²) in [6.45, 7) is 8.57. The van der Waals surface area contributed by atoms with Crippen LogP contribution in [0, 0.1) is 13.8 Å². The lowest BCUT2D eigenvalue weighted by atomic mass is 9.84. The second kappa shape index (κ2) is 7.47. The van der Waals surface area contributed by atoms with Crippen molar-refractivity contribution in [2.45, 2.75) is 51.5 Å². The number of hydrogen-bond acceptors (Lipinski definition) is 4. The number of nitrogens with zero attached hydrogens (tertiary/aromatic N) is 2. The van der Waals surface area contributed by atoms with E-state index in [0.29, 0.717) is 6.61 Å². The quantitative estimate of drug-likeness (QED) is 0.823. The third kappa shape index (κ3) is 4.14. The van der Waals surface area contributed by atoms with E-state index >= 15 is 0 Å². The van der Waals surface area contributed by atoms with Crippen LogP contribution in [0.3, 0.4) is 0 Å². The molecule has 0 saturated carbocycles. The highest BCUT2D eigenvalue weighted by Crippen LogP contribution is 2.36. The zero-order valence-corrected chi connectivity index (χ0v) is 15.8. The first-order chi connectivity index (χ1) is 12.6. The molecule has 1 aromatic heterocycles. The lowest BCUT2D eigenvalue weighted by molar-refractivity contribution is -0.200. The molecule has 4 rings (SSSR count). The van der Waals surface area contributed by atoms with Gasteiger partial charge >= 0.3 is 0 Å². The van der Waals surface area contributed by atoms with E-state index in [9.17, 15) is 0 Å². The van der Waals surface area contributed by atoms with Gasteiger partial charge < -0.3 is 9.47 Å². The summed E-state index contributed by atoms with van der Waals surface area (Å²) >= 11 is 0. The van der Waals surface area contributed by atoms with Gasteiger partial charge in [-0.3, -0.25) is 9.88 Å². The maximum Gasteiger partial charge on any atom is 0.0959 e. The number of aromatic nitrogens is 1. The van der Waals surface area contributed by atoms with Crippen LogP contribution in [0.1, 0.15) is 35.4 Å². The Hall–Kier alpha value is -1.75. The van der Waals surface area contributed by atoms with Crippen molar-refractivity contribution in [1.29, 1.82) is 0 Å². The summed E-state index contributed by atoms with van der Waals surface area (Å²) in [6.07, 6.45) is 2.24. The Labute approximate surface area is 156 Å². The topological polar surface area (TPSA) is 34.6 Å². The number of ether oxygens (including phenoxy) is 2. The molecule has 0 radical (unpaired) electrons. The highest BCUT2D eigenvalue weighted by Gasteiger charge is 2.47. The zero-order chi connectivity index (χ0) is 18.0. The summed E-state index contributed by atoms with van der Waals surface area (Å²) in [7, 11) is 0. The standard InChI is InChI=1S/C22H28N2O2/c1-17-5-3-7-19(11-17)13-24-15-22(16-24)12-21(9-10-26-22)25-14-20-8-4-6-18(2)23-20/h3-8,11,21H,9-10,12-16H2,1-2H3. The van der Waals surface area contributed by atoms with E-state index in [1.165, 1.54) is 11.1 Å². The van der Waals surface area contributed by atoms with Crippen LogP contribution >= 0.6 is 0 Å². The molecule has 1 spiro atoms. The van der Waals surface area contributed by atoms with Crippen molar-refractivity contribution in [2.75, 3.05) is 19.7 Å². The van der Waals surface area contributed by atoms with Crippen LogP contribution in [-0.4, -0.2) is 41.3 Å². The summed E-state index contributed by atoms with van der Waals surface area (Å²) in [6, 6.07) is 14.9. The van der Waals surface area contributed by atoms with Gasteiger partial charge in [-0.05, 0) is 38.0 Å². The molecule has 3 heterocycles. The minimum Gasteiger partial charge on any atom is -0.372 e. The van der Waals surface area contributed by atoms with E-state index < -0.39 is 0 Å². The van der Waals surface area contributed by atoms with Gasteiger partial charge in [0.25, 0.3) is 0 Å². The molecule has 26 heavy (non-hydrogen) atoms. The van der Waals surface area contributed by atoms with Gasteiger partial charge in [-0.1, -0.05) is 35.9 Å². The third-order valence-electron chi connectivity index (χ3n) is 5.37. The molecule has 1 unspecified atom stereocenters. The molecule has 0 amide bonds. The molecule has 2 fully saturated rings. The second-order valence-corrected chi connectivity index (χ2v) is 7.86. The van der Waals surface area contributed by atoms with E-state index in [4.69, 9.17) is 9.47 Å². The van der Waals surface area contributed by atoms with Crippen LogP contribution < -0.4 is 0 Å². The van der Waals surface area contributed by atoms with Gasteiger partial charge in [0.1, 0.15) is 0 Å². The maximum absolute atomic E-state index is 6.16.